The number of fused-ring (bicyclic) bond motifs is 3. The first-order valence-corrected chi connectivity index (χ1v) is 10.5. The zero-order valence-corrected chi connectivity index (χ0v) is 17.2. The van der Waals surface area contributed by atoms with Crippen LogP contribution < -0.4 is 0 Å². The Morgan fingerprint density at radius 1 is 0.931 bits per heavy atom. The molecule has 0 saturated carbocycles. The van der Waals surface area contributed by atoms with Crippen molar-refractivity contribution in [1.29, 1.82) is 0 Å². The number of hydrogen-bond donors (Lipinski definition) is 0. The Morgan fingerprint density at radius 3 is 2.41 bits per heavy atom. The summed E-state index contributed by atoms with van der Waals surface area (Å²) >= 11 is 6.21. The average molecular weight is 403 g/mol. The fraction of sp³-hybridized carbons (Fsp3) is 0.240. The first-order chi connectivity index (χ1) is 14.1. The van der Waals surface area contributed by atoms with Gasteiger partial charge in [-0.25, -0.2) is 0 Å². The van der Waals surface area contributed by atoms with Gasteiger partial charge in [-0.2, -0.15) is 0 Å². The molecule has 2 aliphatic rings. The number of amides is 1. The van der Waals surface area contributed by atoms with Crippen molar-refractivity contribution in [3.8, 4) is 0 Å². The van der Waals surface area contributed by atoms with Gasteiger partial charge in [0.05, 0.1) is 0 Å². The number of rotatable bonds is 3. The highest BCUT2D eigenvalue weighted by Gasteiger charge is 2.55. The van der Waals surface area contributed by atoms with Crippen LogP contribution in [0.4, 0.5) is 0 Å². The van der Waals surface area contributed by atoms with Gasteiger partial charge >= 0.3 is 0 Å². The summed E-state index contributed by atoms with van der Waals surface area (Å²) in [6.45, 7) is 4.56. The summed E-state index contributed by atoms with van der Waals surface area (Å²) in [5.41, 5.74) is 4.87. The highest BCUT2D eigenvalue weighted by atomic mass is 35.5. The first kappa shape index (κ1) is 18.4. The van der Waals surface area contributed by atoms with Crippen LogP contribution in [-0.2, 0) is 12.2 Å². The van der Waals surface area contributed by atoms with E-state index in [0.29, 0.717) is 5.02 Å². The van der Waals surface area contributed by atoms with Crippen LogP contribution in [0, 0.1) is 6.92 Å². The van der Waals surface area contributed by atoms with Crippen molar-refractivity contribution in [2.24, 2.45) is 0 Å². The number of aryl methyl sites for hydroxylation is 1. The van der Waals surface area contributed by atoms with Crippen LogP contribution in [0.25, 0.3) is 0 Å². The van der Waals surface area contributed by atoms with Crippen LogP contribution in [0.3, 0.4) is 0 Å². The number of hydrogen-bond acceptors (Lipinski definition) is 2. The van der Waals surface area contributed by atoms with Crippen molar-refractivity contribution in [2.45, 2.75) is 25.6 Å². The third-order valence-electron chi connectivity index (χ3n) is 6.18. The van der Waals surface area contributed by atoms with E-state index >= 15 is 0 Å². The van der Waals surface area contributed by atoms with Gasteiger partial charge in [0.25, 0.3) is 5.91 Å². The predicted octanol–water partition coefficient (Wildman–Crippen LogP) is 5.21. The Labute approximate surface area is 176 Å². The second-order valence-corrected chi connectivity index (χ2v) is 8.38. The normalized spacial score (nSPS) is 21.2. The second-order valence-electron chi connectivity index (χ2n) is 7.94. The second kappa shape index (κ2) is 7.01. The molecule has 0 aliphatic carbocycles. The number of nitrogens with zero attached hydrogens (tertiary/aromatic N) is 2. The van der Waals surface area contributed by atoms with Gasteiger partial charge in [0, 0.05) is 35.8 Å². The molecule has 3 aromatic carbocycles. The predicted molar refractivity (Wildman–Crippen MR) is 116 cm³/mol. The highest BCUT2D eigenvalue weighted by Crippen LogP contribution is 2.49. The average Bonchev–Trinajstić information content (AvgIpc) is 3.01. The lowest BCUT2D eigenvalue weighted by molar-refractivity contribution is -0.0433. The van der Waals surface area contributed by atoms with E-state index in [-0.39, 0.29) is 5.91 Å². The molecule has 146 valence electrons. The third kappa shape index (κ3) is 2.80. The molecule has 0 radical (unpaired) electrons. The monoisotopic (exact) mass is 402 g/mol. The van der Waals surface area contributed by atoms with Gasteiger partial charge in [0.15, 0.2) is 0 Å². The lowest BCUT2D eigenvalue weighted by Crippen LogP contribution is -2.60. The number of benzene rings is 3. The lowest BCUT2D eigenvalue weighted by Gasteiger charge is -2.51. The quantitative estimate of drug-likeness (QED) is 0.600. The fourth-order valence-corrected chi connectivity index (χ4v) is 5.01. The number of halogens is 1. The molecule has 29 heavy (non-hydrogen) atoms. The summed E-state index contributed by atoms with van der Waals surface area (Å²) in [6.07, 6.45) is 0.959. The molecule has 1 amide bonds. The van der Waals surface area contributed by atoms with Crippen molar-refractivity contribution in [1.82, 2.24) is 9.80 Å². The van der Waals surface area contributed by atoms with Crippen molar-refractivity contribution < 1.29 is 4.79 Å². The molecule has 1 saturated heterocycles. The minimum absolute atomic E-state index is 0.115. The van der Waals surface area contributed by atoms with Gasteiger partial charge in [-0.3, -0.25) is 9.69 Å². The Morgan fingerprint density at radius 2 is 1.66 bits per heavy atom. The van der Waals surface area contributed by atoms with Crippen LogP contribution in [0.2, 0.25) is 5.02 Å². The maximum atomic E-state index is 13.4. The molecule has 1 atom stereocenters. The van der Waals surface area contributed by atoms with Gasteiger partial charge in [-0.15, -0.1) is 0 Å². The molecule has 0 N–H and O–H groups in total. The molecule has 0 spiro atoms. The first-order valence-electron chi connectivity index (χ1n) is 10.1. The van der Waals surface area contributed by atoms with Crippen molar-refractivity contribution >= 4 is 17.5 Å². The van der Waals surface area contributed by atoms with Gasteiger partial charge in [0.1, 0.15) is 5.66 Å². The Bertz CT molecular complexity index is 1060. The SMILES string of the molecule is Cc1ccc(CN2CCCN3C(=O)c4ccccc4C23c2ccc(Cl)cc2)cc1. The van der Waals surface area contributed by atoms with E-state index < -0.39 is 5.66 Å². The van der Waals surface area contributed by atoms with Gasteiger partial charge in [-0.05, 0) is 42.7 Å². The van der Waals surface area contributed by atoms with Gasteiger partial charge < -0.3 is 4.90 Å². The molecule has 0 bridgehead atoms. The van der Waals surface area contributed by atoms with E-state index in [1.54, 1.807) is 0 Å². The summed E-state index contributed by atoms with van der Waals surface area (Å²) < 4.78 is 0. The molecule has 0 aromatic heterocycles. The maximum Gasteiger partial charge on any atom is 0.256 e. The smallest absolute Gasteiger partial charge is 0.256 e. The lowest BCUT2D eigenvalue weighted by atomic mass is 9.86. The van der Waals surface area contributed by atoms with Crippen LogP contribution in [0.5, 0.6) is 0 Å². The summed E-state index contributed by atoms with van der Waals surface area (Å²) in [5.74, 6) is 0.115. The van der Waals surface area contributed by atoms with Crippen molar-refractivity contribution in [3.05, 3.63) is 106 Å². The number of carbonyl (C=O) groups excluding carboxylic acids is 1. The zero-order chi connectivity index (χ0) is 20.0. The Kier molecular flexibility index (Phi) is 4.45. The maximum absolute atomic E-state index is 13.4. The number of carbonyl (C=O) groups is 1. The third-order valence-corrected chi connectivity index (χ3v) is 6.43. The van der Waals surface area contributed by atoms with Gasteiger partial charge in [0.2, 0.25) is 0 Å². The fourth-order valence-electron chi connectivity index (χ4n) is 4.88. The summed E-state index contributed by atoms with van der Waals surface area (Å²) in [4.78, 5) is 17.9. The molecule has 1 unspecified atom stereocenters. The van der Waals surface area contributed by atoms with E-state index in [2.05, 4.69) is 59.2 Å². The minimum Gasteiger partial charge on any atom is -0.312 e. The summed E-state index contributed by atoms with van der Waals surface area (Å²) in [6, 6.07) is 24.7. The minimum atomic E-state index is -0.596. The summed E-state index contributed by atoms with van der Waals surface area (Å²) in [7, 11) is 0. The van der Waals surface area contributed by atoms with Crippen LogP contribution >= 0.6 is 11.6 Å². The molecule has 2 heterocycles. The van der Waals surface area contributed by atoms with E-state index in [0.717, 1.165) is 42.7 Å². The highest BCUT2D eigenvalue weighted by molar-refractivity contribution is 6.30. The Hall–Kier alpha value is -2.62. The zero-order valence-electron chi connectivity index (χ0n) is 16.4. The molecule has 4 heteroatoms. The molecule has 3 aromatic rings. The molecule has 1 fully saturated rings. The van der Waals surface area contributed by atoms with Gasteiger partial charge in [-0.1, -0.05) is 71.8 Å². The molecule has 5 rings (SSSR count). The topological polar surface area (TPSA) is 23.6 Å². The summed E-state index contributed by atoms with van der Waals surface area (Å²) in [5, 5.41) is 0.704. The van der Waals surface area contributed by atoms with Crippen LogP contribution in [-0.4, -0.2) is 28.8 Å². The molecular formula is C25H23ClN2O. The molecule has 3 nitrogen and oxygen atoms in total. The van der Waals surface area contributed by atoms with Crippen LogP contribution in [0.15, 0.2) is 72.8 Å². The largest absolute Gasteiger partial charge is 0.312 e. The van der Waals surface area contributed by atoms with E-state index in [1.807, 2.05) is 30.3 Å². The standard InChI is InChI=1S/C25H23ClN2O/c1-18-7-9-19(10-8-18)17-27-15-4-16-28-24(29)22-5-2-3-6-23(22)25(27,28)20-11-13-21(26)14-12-20/h2-3,5-14H,4,15-17H2,1H3. The van der Waals surface area contributed by atoms with Crippen molar-refractivity contribution in [2.75, 3.05) is 13.1 Å². The van der Waals surface area contributed by atoms with Crippen LogP contribution in [0.1, 0.15) is 39.0 Å². The van der Waals surface area contributed by atoms with E-state index in [9.17, 15) is 4.79 Å². The van der Waals surface area contributed by atoms with E-state index in [1.165, 1.54) is 11.1 Å². The van der Waals surface area contributed by atoms with E-state index in [4.69, 9.17) is 11.6 Å². The van der Waals surface area contributed by atoms with Crippen molar-refractivity contribution in [3.63, 3.8) is 0 Å². The Balaban J connectivity index is 1.71. The molecule has 2 aliphatic heterocycles. The molecular weight excluding hydrogens is 380 g/mol.